The van der Waals surface area contributed by atoms with Gasteiger partial charge in [0.05, 0.1) is 0 Å². The van der Waals surface area contributed by atoms with Gasteiger partial charge in [0.1, 0.15) is 6.04 Å². The third-order valence-corrected chi connectivity index (χ3v) is 5.30. The zero-order valence-electron chi connectivity index (χ0n) is 16.8. The highest BCUT2D eigenvalue weighted by atomic mass is 16.4. The Balaban J connectivity index is 1.58. The van der Waals surface area contributed by atoms with Crippen LogP contribution in [-0.4, -0.2) is 29.2 Å². The molecule has 0 bridgehead atoms. The van der Waals surface area contributed by atoms with Gasteiger partial charge in [-0.2, -0.15) is 0 Å². The molecule has 4 rings (SSSR count). The molecule has 1 aliphatic heterocycles. The maximum Gasteiger partial charge on any atom is 0.318 e. The lowest BCUT2D eigenvalue weighted by atomic mass is 10.0. The molecule has 0 spiro atoms. The zero-order chi connectivity index (χ0) is 20.2. The topological polar surface area (TPSA) is 71.3 Å². The molecule has 6 nitrogen and oxygen atoms in total. The van der Waals surface area contributed by atoms with Crippen LogP contribution in [0.5, 0.6) is 0 Å². The van der Waals surface area contributed by atoms with Crippen LogP contribution in [0.4, 0.5) is 6.01 Å². The van der Waals surface area contributed by atoms with E-state index in [1.54, 1.807) is 0 Å². The SMILES string of the molecule is CC(C)c1ccc(C(=O)N[C@H](c2ccccc2)c2nnc(N3CCCC3)o2)cc1. The van der Waals surface area contributed by atoms with Crippen LogP contribution < -0.4 is 10.2 Å². The summed E-state index contributed by atoms with van der Waals surface area (Å²) in [6, 6.07) is 17.4. The maximum atomic E-state index is 12.9. The molecule has 0 saturated carbocycles. The Bertz CT molecular complexity index is 945. The smallest absolute Gasteiger partial charge is 0.318 e. The number of nitrogens with one attached hydrogen (secondary N) is 1. The van der Waals surface area contributed by atoms with Crippen molar-refractivity contribution in [2.75, 3.05) is 18.0 Å². The number of anilines is 1. The molecule has 0 radical (unpaired) electrons. The monoisotopic (exact) mass is 390 g/mol. The first-order valence-electron chi connectivity index (χ1n) is 10.2. The van der Waals surface area contributed by atoms with E-state index in [9.17, 15) is 4.79 Å². The first-order valence-corrected chi connectivity index (χ1v) is 10.2. The summed E-state index contributed by atoms with van der Waals surface area (Å²) >= 11 is 0. The largest absolute Gasteiger partial charge is 0.405 e. The second-order valence-corrected chi connectivity index (χ2v) is 7.71. The van der Waals surface area contributed by atoms with E-state index in [4.69, 9.17) is 4.42 Å². The van der Waals surface area contributed by atoms with Crippen LogP contribution in [0.2, 0.25) is 0 Å². The van der Waals surface area contributed by atoms with E-state index in [1.807, 2.05) is 54.6 Å². The van der Waals surface area contributed by atoms with Crippen LogP contribution in [0.25, 0.3) is 0 Å². The van der Waals surface area contributed by atoms with Crippen molar-refractivity contribution >= 4 is 11.9 Å². The molecule has 1 saturated heterocycles. The Kier molecular flexibility index (Phi) is 5.60. The molecule has 1 amide bonds. The molecular weight excluding hydrogens is 364 g/mol. The number of amides is 1. The Morgan fingerprint density at radius 1 is 0.966 bits per heavy atom. The molecular formula is C23H26N4O2. The Morgan fingerprint density at radius 3 is 2.31 bits per heavy atom. The normalized spacial score (nSPS) is 14.9. The van der Waals surface area contributed by atoms with Gasteiger partial charge < -0.3 is 14.6 Å². The molecule has 0 unspecified atom stereocenters. The second kappa shape index (κ2) is 8.47. The molecule has 1 N–H and O–H groups in total. The molecule has 0 aliphatic carbocycles. The summed E-state index contributed by atoms with van der Waals surface area (Å²) in [4.78, 5) is 15.0. The average molecular weight is 390 g/mol. The number of hydrogen-bond acceptors (Lipinski definition) is 5. The van der Waals surface area contributed by atoms with Gasteiger partial charge in [-0.3, -0.25) is 4.79 Å². The van der Waals surface area contributed by atoms with E-state index >= 15 is 0 Å². The van der Waals surface area contributed by atoms with Gasteiger partial charge in [0.25, 0.3) is 5.91 Å². The van der Waals surface area contributed by atoms with E-state index in [2.05, 4.69) is 34.3 Å². The standard InChI is InChI=1S/C23H26N4O2/c1-16(2)17-10-12-19(13-11-17)21(28)24-20(18-8-4-3-5-9-18)22-25-26-23(29-22)27-14-6-7-15-27/h3-5,8-13,16,20H,6-7,14-15H2,1-2H3,(H,24,28)/t20-/m1/s1. The number of carbonyl (C=O) groups excluding carboxylic acids is 1. The summed E-state index contributed by atoms with van der Waals surface area (Å²) in [6.45, 7) is 6.11. The van der Waals surface area contributed by atoms with Gasteiger partial charge in [-0.15, -0.1) is 5.10 Å². The maximum absolute atomic E-state index is 12.9. The lowest BCUT2D eigenvalue weighted by Crippen LogP contribution is -2.29. The van der Waals surface area contributed by atoms with E-state index in [0.717, 1.165) is 31.5 Å². The number of nitrogens with zero attached hydrogens (tertiary/aromatic N) is 3. The van der Waals surface area contributed by atoms with Crippen LogP contribution in [0.1, 0.15) is 66.0 Å². The number of rotatable bonds is 6. The molecule has 2 aromatic carbocycles. The van der Waals surface area contributed by atoms with Gasteiger partial charge in [-0.05, 0) is 42.0 Å². The van der Waals surface area contributed by atoms with E-state index in [0.29, 0.717) is 23.4 Å². The summed E-state index contributed by atoms with van der Waals surface area (Å²) in [5, 5.41) is 11.5. The highest BCUT2D eigenvalue weighted by Gasteiger charge is 2.26. The number of aromatic nitrogens is 2. The molecule has 1 aromatic heterocycles. The predicted octanol–water partition coefficient (Wildman–Crippen LogP) is 4.31. The van der Waals surface area contributed by atoms with Crippen molar-refractivity contribution in [1.82, 2.24) is 15.5 Å². The highest BCUT2D eigenvalue weighted by Crippen LogP contribution is 2.26. The summed E-state index contributed by atoms with van der Waals surface area (Å²) in [7, 11) is 0. The van der Waals surface area contributed by atoms with Crippen LogP contribution in [0.15, 0.2) is 59.0 Å². The molecule has 1 atom stereocenters. The summed E-state index contributed by atoms with van der Waals surface area (Å²) in [6.07, 6.45) is 2.26. The average Bonchev–Trinajstić information content (AvgIpc) is 3.44. The molecule has 2 heterocycles. The molecule has 150 valence electrons. The number of hydrogen-bond donors (Lipinski definition) is 1. The highest BCUT2D eigenvalue weighted by molar-refractivity contribution is 5.94. The quantitative estimate of drug-likeness (QED) is 0.679. The first-order chi connectivity index (χ1) is 14.1. The van der Waals surface area contributed by atoms with E-state index in [-0.39, 0.29) is 5.91 Å². The van der Waals surface area contributed by atoms with Crippen molar-refractivity contribution in [3.05, 3.63) is 77.2 Å². The molecule has 3 aromatic rings. The fraction of sp³-hybridized carbons (Fsp3) is 0.348. The van der Waals surface area contributed by atoms with Crippen LogP contribution in [0, 0.1) is 0 Å². The van der Waals surface area contributed by atoms with Gasteiger partial charge in [0.15, 0.2) is 0 Å². The summed E-state index contributed by atoms with van der Waals surface area (Å²) < 4.78 is 5.96. The minimum Gasteiger partial charge on any atom is -0.405 e. The van der Waals surface area contributed by atoms with Crippen LogP contribution in [-0.2, 0) is 0 Å². The van der Waals surface area contributed by atoms with Gasteiger partial charge in [0, 0.05) is 18.7 Å². The van der Waals surface area contributed by atoms with Crippen molar-refractivity contribution in [2.45, 2.75) is 38.6 Å². The fourth-order valence-corrected chi connectivity index (χ4v) is 3.55. The molecule has 29 heavy (non-hydrogen) atoms. The van der Waals surface area contributed by atoms with Crippen LogP contribution >= 0.6 is 0 Å². The zero-order valence-corrected chi connectivity index (χ0v) is 16.8. The van der Waals surface area contributed by atoms with Gasteiger partial charge in [0.2, 0.25) is 5.89 Å². The van der Waals surface area contributed by atoms with Crippen LogP contribution in [0.3, 0.4) is 0 Å². The van der Waals surface area contributed by atoms with Gasteiger partial charge in [-0.25, -0.2) is 0 Å². The van der Waals surface area contributed by atoms with E-state index < -0.39 is 6.04 Å². The fourth-order valence-electron chi connectivity index (χ4n) is 3.55. The molecule has 1 fully saturated rings. The molecule has 6 heteroatoms. The van der Waals surface area contributed by atoms with Gasteiger partial charge in [-0.1, -0.05) is 61.4 Å². The minimum absolute atomic E-state index is 0.171. The third kappa shape index (κ3) is 4.31. The first kappa shape index (κ1) is 19.2. The second-order valence-electron chi connectivity index (χ2n) is 7.71. The van der Waals surface area contributed by atoms with Gasteiger partial charge >= 0.3 is 6.01 Å². The number of carbonyl (C=O) groups is 1. The van der Waals surface area contributed by atoms with Crippen molar-refractivity contribution in [3.8, 4) is 0 Å². The predicted molar refractivity (Wildman–Crippen MR) is 112 cm³/mol. The Hall–Kier alpha value is -3.15. The van der Waals surface area contributed by atoms with Crippen molar-refractivity contribution in [3.63, 3.8) is 0 Å². The summed E-state index contributed by atoms with van der Waals surface area (Å²) in [5.74, 6) is 0.645. The summed E-state index contributed by atoms with van der Waals surface area (Å²) in [5.41, 5.74) is 2.71. The van der Waals surface area contributed by atoms with E-state index in [1.165, 1.54) is 5.56 Å². The minimum atomic E-state index is -0.502. The number of benzene rings is 2. The Labute approximate surface area is 170 Å². The molecule has 1 aliphatic rings. The van der Waals surface area contributed by atoms with Crippen molar-refractivity contribution in [1.29, 1.82) is 0 Å². The van der Waals surface area contributed by atoms with Crippen molar-refractivity contribution < 1.29 is 9.21 Å². The Morgan fingerprint density at radius 2 is 1.66 bits per heavy atom. The third-order valence-electron chi connectivity index (χ3n) is 5.30. The lowest BCUT2D eigenvalue weighted by Gasteiger charge is -2.16. The lowest BCUT2D eigenvalue weighted by molar-refractivity contribution is 0.0938. The van der Waals surface area contributed by atoms with Crippen molar-refractivity contribution in [2.24, 2.45) is 0 Å².